The number of nitrogens with one attached hydrogen (secondary N) is 2. The molecule has 2 aromatic rings. The third-order valence-electron chi connectivity index (χ3n) is 4.85. The molecule has 0 radical (unpaired) electrons. The number of hydrogen-bond donors (Lipinski definition) is 2. The first kappa shape index (κ1) is 24.1. The zero-order valence-corrected chi connectivity index (χ0v) is 20.7. The van der Waals surface area contributed by atoms with Crippen LogP contribution in [0.25, 0.3) is 0 Å². The second-order valence-corrected chi connectivity index (χ2v) is 8.32. The quantitative estimate of drug-likeness (QED) is 0.307. The molecule has 1 saturated heterocycles. The van der Waals surface area contributed by atoms with Crippen molar-refractivity contribution in [2.24, 2.45) is 4.99 Å². The van der Waals surface area contributed by atoms with Crippen molar-refractivity contribution >= 4 is 41.3 Å². The average Bonchev–Trinajstić information content (AvgIpc) is 3.35. The number of piperidine rings is 1. The molecule has 0 spiro atoms. The molecule has 0 amide bonds. The summed E-state index contributed by atoms with van der Waals surface area (Å²) in [5.41, 5.74) is 1.42. The lowest BCUT2D eigenvalue weighted by Gasteiger charge is -2.33. The first-order valence-electron chi connectivity index (χ1n) is 10.2. The maximum Gasteiger partial charge on any atom is 0.228 e. The monoisotopic (exact) mass is 532 g/mol. The highest BCUT2D eigenvalue weighted by atomic mass is 127. The van der Waals surface area contributed by atoms with Gasteiger partial charge >= 0.3 is 0 Å². The molecule has 0 saturated carbocycles. The Morgan fingerprint density at radius 1 is 1.38 bits per heavy atom. The van der Waals surface area contributed by atoms with Gasteiger partial charge < -0.3 is 15.2 Å². The van der Waals surface area contributed by atoms with Crippen LogP contribution in [0, 0.1) is 0 Å². The van der Waals surface area contributed by atoms with Crippen LogP contribution in [-0.4, -0.2) is 53.2 Å². The number of rotatable bonds is 8. The fourth-order valence-corrected chi connectivity index (χ4v) is 3.92. The largest absolute Gasteiger partial charge is 0.357 e. The van der Waals surface area contributed by atoms with E-state index in [1.165, 1.54) is 5.56 Å². The van der Waals surface area contributed by atoms with Gasteiger partial charge in [0.25, 0.3) is 0 Å². The third kappa shape index (κ3) is 7.86. The molecule has 3 rings (SSSR count). The number of thiophene rings is 1. The molecule has 162 valence electrons. The fourth-order valence-electron chi connectivity index (χ4n) is 3.26. The van der Waals surface area contributed by atoms with Gasteiger partial charge in [-0.25, -0.2) is 0 Å². The molecule has 1 aliphatic rings. The Hall–Kier alpha value is -1.20. The maximum atomic E-state index is 5.30. The zero-order valence-electron chi connectivity index (χ0n) is 17.6. The standard InChI is InChI=1S/C20H32N6OS.HI/c1-4-21-20(22-9-5-18-24-19(15(2)3)25-27-18)23-17-6-10-26(11-7-17)13-16-8-12-28-14-16;/h8,12,14-15,17H,4-7,9-11,13H2,1-3H3,(H2,21,22,23);1H. The molecule has 1 fully saturated rings. The number of aliphatic imine (C=N–C) groups is 1. The molecular weight excluding hydrogens is 499 g/mol. The second-order valence-electron chi connectivity index (χ2n) is 7.54. The Bertz CT molecular complexity index is 725. The molecule has 2 aromatic heterocycles. The van der Waals surface area contributed by atoms with E-state index < -0.39 is 0 Å². The van der Waals surface area contributed by atoms with E-state index in [4.69, 9.17) is 9.52 Å². The first-order chi connectivity index (χ1) is 13.6. The van der Waals surface area contributed by atoms with Crippen LogP contribution < -0.4 is 10.6 Å². The van der Waals surface area contributed by atoms with Gasteiger partial charge in [0.05, 0.1) is 6.54 Å². The van der Waals surface area contributed by atoms with Crippen LogP contribution in [0.4, 0.5) is 0 Å². The van der Waals surface area contributed by atoms with Crippen molar-refractivity contribution in [1.82, 2.24) is 25.7 Å². The lowest BCUT2D eigenvalue weighted by molar-refractivity contribution is 0.198. The van der Waals surface area contributed by atoms with Gasteiger partial charge in [0.2, 0.25) is 5.89 Å². The molecule has 3 heterocycles. The Morgan fingerprint density at radius 3 is 2.79 bits per heavy atom. The van der Waals surface area contributed by atoms with Crippen molar-refractivity contribution in [3.8, 4) is 0 Å². The summed E-state index contributed by atoms with van der Waals surface area (Å²) in [5, 5.41) is 15.3. The van der Waals surface area contributed by atoms with Crippen LogP contribution in [-0.2, 0) is 13.0 Å². The fraction of sp³-hybridized carbons (Fsp3) is 0.650. The lowest BCUT2D eigenvalue weighted by atomic mass is 10.0. The van der Waals surface area contributed by atoms with Crippen LogP contribution >= 0.6 is 35.3 Å². The summed E-state index contributed by atoms with van der Waals surface area (Å²) in [5.74, 6) is 2.58. The lowest BCUT2D eigenvalue weighted by Crippen LogP contribution is -2.48. The molecule has 29 heavy (non-hydrogen) atoms. The topological polar surface area (TPSA) is 78.6 Å². The minimum absolute atomic E-state index is 0. The van der Waals surface area contributed by atoms with Gasteiger partial charge in [-0.05, 0) is 42.2 Å². The van der Waals surface area contributed by atoms with Crippen molar-refractivity contribution in [3.05, 3.63) is 34.1 Å². The zero-order chi connectivity index (χ0) is 19.8. The summed E-state index contributed by atoms with van der Waals surface area (Å²) in [7, 11) is 0. The molecule has 2 N–H and O–H groups in total. The highest BCUT2D eigenvalue weighted by molar-refractivity contribution is 14.0. The summed E-state index contributed by atoms with van der Waals surface area (Å²) in [4.78, 5) is 11.6. The van der Waals surface area contributed by atoms with Gasteiger partial charge in [-0.15, -0.1) is 24.0 Å². The number of guanidine groups is 1. The van der Waals surface area contributed by atoms with Crippen molar-refractivity contribution in [2.45, 2.75) is 58.5 Å². The van der Waals surface area contributed by atoms with Crippen LogP contribution in [0.5, 0.6) is 0 Å². The Morgan fingerprint density at radius 2 is 2.17 bits per heavy atom. The summed E-state index contributed by atoms with van der Waals surface area (Å²) in [6.45, 7) is 11.0. The van der Waals surface area contributed by atoms with Crippen LogP contribution in [0.2, 0.25) is 0 Å². The summed E-state index contributed by atoms with van der Waals surface area (Å²) >= 11 is 1.77. The van der Waals surface area contributed by atoms with Gasteiger partial charge in [-0.3, -0.25) is 9.89 Å². The Labute approximate surface area is 194 Å². The number of likely N-dealkylation sites (tertiary alicyclic amines) is 1. The van der Waals surface area contributed by atoms with Crippen molar-refractivity contribution in [2.75, 3.05) is 26.2 Å². The van der Waals surface area contributed by atoms with E-state index in [1.807, 2.05) is 0 Å². The molecule has 0 atom stereocenters. The van der Waals surface area contributed by atoms with E-state index in [1.54, 1.807) is 11.3 Å². The molecule has 1 aliphatic heterocycles. The second kappa shape index (κ2) is 12.5. The molecule has 0 bridgehead atoms. The smallest absolute Gasteiger partial charge is 0.228 e. The van der Waals surface area contributed by atoms with Crippen LogP contribution in [0.3, 0.4) is 0 Å². The number of aromatic nitrogens is 2. The third-order valence-corrected chi connectivity index (χ3v) is 5.59. The predicted octanol–water partition coefficient (Wildman–Crippen LogP) is 3.63. The number of hydrogen-bond acceptors (Lipinski definition) is 6. The highest BCUT2D eigenvalue weighted by Crippen LogP contribution is 2.15. The number of halogens is 1. The van der Waals surface area contributed by atoms with E-state index >= 15 is 0 Å². The minimum Gasteiger partial charge on any atom is -0.357 e. The predicted molar refractivity (Wildman–Crippen MR) is 129 cm³/mol. The molecule has 0 aromatic carbocycles. The van der Waals surface area contributed by atoms with E-state index in [0.717, 1.165) is 50.8 Å². The normalized spacial score (nSPS) is 16.1. The molecular formula is C20H33IN6OS. The number of nitrogens with zero attached hydrogens (tertiary/aromatic N) is 4. The van der Waals surface area contributed by atoms with Gasteiger partial charge in [0.15, 0.2) is 11.8 Å². The minimum atomic E-state index is 0. The molecule has 9 heteroatoms. The Kier molecular flexibility index (Phi) is 10.4. The van der Waals surface area contributed by atoms with Gasteiger partial charge in [0, 0.05) is 44.6 Å². The first-order valence-corrected chi connectivity index (χ1v) is 11.2. The van der Waals surface area contributed by atoms with Gasteiger partial charge in [0.1, 0.15) is 0 Å². The summed E-state index contributed by atoms with van der Waals surface area (Å²) in [6, 6.07) is 2.69. The maximum absolute atomic E-state index is 5.30. The molecule has 7 nitrogen and oxygen atoms in total. The summed E-state index contributed by atoms with van der Waals surface area (Å²) < 4.78 is 5.30. The van der Waals surface area contributed by atoms with E-state index in [-0.39, 0.29) is 29.9 Å². The highest BCUT2D eigenvalue weighted by Gasteiger charge is 2.20. The van der Waals surface area contributed by atoms with E-state index in [2.05, 4.69) is 63.3 Å². The summed E-state index contributed by atoms with van der Waals surface area (Å²) in [6.07, 6.45) is 2.93. The van der Waals surface area contributed by atoms with E-state index in [9.17, 15) is 0 Å². The van der Waals surface area contributed by atoms with E-state index in [0.29, 0.717) is 24.9 Å². The van der Waals surface area contributed by atoms with Crippen molar-refractivity contribution in [3.63, 3.8) is 0 Å². The van der Waals surface area contributed by atoms with Crippen molar-refractivity contribution in [1.29, 1.82) is 0 Å². The average molecular weight is 532 g/mol. The van der Waals surface area contributed by atoms with Crippen LogP contribution in [0.15, 0.2) is 26.3 Å². The molecule has 0 unspecified atom stereocenters. The molecule has 0 aliphatic carbocycles. The van der Waals surface area contributed by atoms with Gasteiger partial charge in [-0.2, -0.15) is 16.3 Å². The Balaban J connectivity index is 0.00000300. The van der Waals surface area contributed by atoms with Gasteiger partial charge in [-0.1, -0.05) is 19.0 Å². The SMILES string of the molecule is CCNC(=NCCc1nc(C(C)C)no1)NC1CCN(Cc2ccsc2)CC1.I. The van der Waals surface area contributed by atoms with Crippen LogP contribution in [0.1, 0.15) is 56.8 Å². The van der Waals surface area contributed by atoms with Crippen molar-refractivity contribution < 1.29 is 4.52 Å².